The summed E-state index contributed by atoms with van der Waals surface area (Å²) >= 11 is 2.04. The van der Waals surface area contributed by atoms with Crippen molar-refractivity contribution in [1.82, 2.24) is 0 Å². The van der Waals surface area contributed by atoms with Crippen molar-refractivity contribution in [2.24, 2.45) is 0 Å². The van der Waals surface area contributed by atoms with Gasteiger partial charge in [0, 0.05) is 10.8 Å². The summed E-state index contributed by atoms with van der Waals surface area (Å²) in [5.74, 6) is 0.0502. The molecule has 0 aromatic rings. The number of alkyl halides is 1. The van der Waals surface area contributed by atoms with Gasteiger partial charge in [0.25, 0.3) is 0 Å². The highest BCUT2D eigenvalue weighted by Gasteiger charge is 2.02. The van der Waals surface area contributed by atoms with Gasteiger partial charge in [-0.05, 0) is 6.92 Å². The molecule has 2 nitrogen and oxygen atoms in total. The van der Waals surface area contributed by atoms with Crippen molar-refractivity contribution < 1.29 is 9.90 Å². The molecular weight excluding hydrogens is 219 g/mol. The Bertz CT molecular complexity index is 82.5. The molecule has 0 rings (SSSR count). The Morgan fingerprint density at radius 1 is 1.88 bits per heavy atom. The molecule has 0 radical (unpaired) electrons. The number of aliphatic hydroxyl groups excluding tert-OH is 1. The molecule has 48 valence electrons. The summed E-state index contributed by atoms with van der Waals surface area (Å²) in [6.07, 6.45) is -0.142. The summed E-state index contributed by atoms with van der Waals surface area (Å²) in [5.41, 5.74) is 0. The van der Waals surface area contributed by atoms with Crippen LogP contribution in [0.4, 0.5) is 0 Å². The summed E-state index contributed by atoms with van der Waals surface area (Å²) < 4.78 is 0.636. The lowest BCUT2D eigenvalue weighted by Gasteiger charge is -2.00. The Hall–Kier alpha value is 0.360. The van der Waals surface area contributed by atoms with Crippen molar-refractivity contribution in [3.8, 4) is 0 Å². The second kappa shape index (κ2) is 4.26. The van der Waals surface area contributed by atoms with Gasteiger partial charge in [-0.3, -0.25) is 4.79 Å². The van der Waals surface area contributed by atoms with E-state index in [0.29, 0.717) is 10.8 Å². The quantitative estimate of drug-likeness (QED) is 0.572. The first-order valence-electron chi connectivity index (χ1n) is 2.40. The van der Waals surface area contributed by atoms with Crippen molar-refractivity contribution in [2.75, 3.05) is 4.43 Å². The summed E-state index contributed by atoms with van der Waals surface area (Å²) in [5, 5.41) is 8.80. The largest absolute Gasteiger partial charge is 0.392 e. The van der Waals surface area contributed by atoms with Gasteiger partial charge in [-0.1, -0.05) is 22.6 Å². The highest BCUT2D eigenvalue weighted by molar-refractivity contribution is 14.1. The molecule has 0 saturated heterocycles. The Morgan fingerprint density at radius 2 is 2.38 bits per heavy atom. The van der Waals surface area contributed by atoms with E-state index in [1.807, 2.05) is 22.6 Å². The van der Waals surface area contributed by atoms with E-state index in [2.05, 4.69) is 0 Å². The van der Waals surface area contributed by atoms with Crippen LogP contribution in [0, 0.1) is 0 Å². The number of Topliss-reactive ketones (excluding diaryl/α,β-unsaturated/α-hetero) is 1. The van der Waals surface area contributed by atoms with Gasteiger partial charge < -0.3 is 5.11 Å². The van der Waals surface area contributed by atoms with E-state index in [0.717, 1.165) is 0 Å². The molecule has 1 N–H and O–H groups in total. The molecule has 0 aliphatic heterocycles. The molecule has 0 amide bonds. The number of carbonyl (C=O) groups is 1. The van der Waals surface area contributed by atoms with Crippen LogP contribution < -0.4 is 0 Å². The highest BCUT2D eigenvalue weighted by Crippen LogP contribution is 1.96. The summed E-state index contributed by atoms with van der Waals surface area (Å²) in [4.78, 5) is 10.2. The summed E-state index contributed by atoms with van der Waals surface area (Å²) in [6, 6.07) is 0. The zero-order chi connectivity index (χ0) is 6.57. The van der Waals surface area contributed by atoms with Crippen LogP contribution in [0.5, 0.6) is 0 Å². The molecule has 8 heavy (non-hydrogen) atoms. The lowest BCUT2D eigenvalue weighted by molar-refractivity contribution is -0.118. The maximum absolute atomic E-state index is 10.2. The van der Waals surface area contributed by atoms with Gasteiger partial charge in [0.1, 0.15) is 5.78 Å². The fourth-order valence-electron chi connectivity index (χ4n) is 0.386. The first-order chi connectivity index (χ1) is 3.66. The molecule has 1 atom stereocenters. The van der Waals surface area contributed by atoms with Crippen LogP contribution in [0.25, 0.3) is 0 Å². The van der Waals surface area contributed by atoms with E-state index in [1.165, 1.54) is 6.92 Å². The number of rotatable bonds is 3. The molecular formula is C5H9IO2. The van der Waals surface area contributed by atoms with Gasteiger partial charge >= 0.3 is 0 Å². The Balaban J connectivity index is 3.24. The van der Waals surface area contributed by atoms with Gasteiger partial charge in [-0.2, -0.15) is 0 Å². The highest BCUT2D eigenvalue weighted by atomic mass is 127. The van der Waals surface area contributed by atoms with Crippen LogP contribution in [0.1, 0.15) is 13.3 Å². The number of hydrogen-bond donors (Lipinski definition) is 1. The lowest BCUT2D eigenvalue weighted by atomic mass is 10.2. The van der Waals surface area contributed by atoms with Crippen LogP contribution in [-0.2, 0) is 4.79 Å². The maximum Gasteiger partial charge on any atom is 0.132 e. The molecule has 0 saturated carbocycles. The van der Waals surface area contributed by atoms with Gasteiger partial charge in [-0.25, -0.2) is 0 Å². The fourth-order valence-corrected chi connectivity index (χ4v) is 0.698. The zero-order valence-electron chi connectivity index (χ0n) is 4.72. The SMILES string of the molecule is CC(=O)CC(O)CI. The van der Waals surface area contributed by atoms with E-state index in [-0.39, 0.29) is 5.78 Å². The van der Waals surface area contributed by atoms with E-state index >= 15 is 0 Å². The number of aliphatic hydroxyl groups is 1. The van der Waals surface area contributed by atoms with Crippen molar-refractivity contribution in [3.63, 3.8) is 0 Å². The van der Waals surface area contributed by atoms with Gasteiger partial charge in [0.2, 0.25) is 0 Å². The molecule has 0 bridgehead atoms. The predicted molar refractivity (Wildman–Crippen MR) is 40.2 cm³/mol. The van der Waals surface area contributed by atoms with Crippen molar-refractivity contribution in [1.29, 1.82) is 0 Å². The molecule has 0 aromatic carbocycles. The predicted octanol–water partition coefficient (Wildman–Crippen LogP) is 0.761. The van der Waals surface area contributed by atoms with Gasteiger partial charge in [0.05, 0.1) is 6.10 Å². The van der Waals surface area contributed by atoms with E-state index in [4.69, 9.17) is 5.11 Å². The Morgan fingerprint density at radius 3 is 2.50 bits per heavy atom. The smallest absolute Gasteiger partial charge is 0.132 e. The maximum atomic E-state index is 10.2. The third kappa shape index (κ3) is 4.52. The van der Waals surface area contributed by atoms with E-state index in [1.54, 1.807) is 0 Å². The van der Waals surface area contributed by atoms with Crippen LogP contribution in [-0.4, -0.2) is 21.4 Å². The standard InChI is InChI=1S/C5H9IO2/c1-4(7)2-5(8)3-6/h5,8H,2-3H2,1H3. The molecule has 0 fully saturated rings. The summed E-state index contributed by atoms with van der Waals surface area (Å²) in [6.45, 7) is 1.48. The third-order valence-electron chi connectivity index (χ3n) is 0.701. The first-order valence-corrected chi connectivity index (χ1v) is 3.93. The molecule has 0 aliphatic rings. The molecule has 3 heteroatoms. The average molecular weight is 228 g/mol. The topological polar surface area (TPSA) is 37.3 Å². The molecule has 1 unspecified atom stereocenters. The second-order valence-electron chi connectivity index (χ2n) is 1.71. The Labute approximate surface area is 62.4 Å². The third-order valence-corrected chi connectivity index (χ3v) is 1.72. The zero-order valence-corrected chi connectivity index (χ0v) is 6.88. The number of hydrogen-bond acceptors (Lipinski definition) is 2. The molecule has 0 aromatic heterocycles. The summed E-state index contributed by atoms with van der Waals surface area (Å²) in [7, 11) is 0. The minimum atomic E-state index is -0.437. The minimum Gasteiger partial charge on any atom is -0.392 e. The van der Waals surface area contributed by atoms with Crippen molar-refractivity contribution in [2.45, 2.75) is 19.4 Å². The van der Waals surface area contributed by atoms with Gasteiger partial charge in [-0.15, -0.1) is 0 Å². The second-order valence-corrected chi connectivity index (χ2v) is 2.60. The molecule has 0 spiro atoms. The molecule has 0 aliphatic carbocycles. The normalized spacial score (nSPS) is 13.4. The molecule has 0 heterocycles. The van der Waals surface area contributed by atoms with Crippen molar-refractivity contribution >= 4 is 28.4 Å². The first kappa shape index (κ1) is 8.36. The number of halogens is 1. The monoisotopic (exact) mass is 228 g/mol. The van der Waals surface area contributed by atoms with E-state index < -0.39 is 6.10 Å². The number of ketones is 1. The van der Waals surface area contributed by atoms with Crippen molar-refractivity contribution in [3.05, 3.63) is 0 Å². The van der Waals surface area contributed by atoms with Gasteiger partial charge in [0.15, 0.2) is 0 Å². The van der Waals surface area contributed by atoms with Crippen LogP contribution in [0.15, 0.2) is 0 Å². The lowest BCUT2D eigenvalue weighted by Crippen LogP contribution is -2.11. The average Bonchev–Trinajstić information content (AvgIpc) is 1.65. The minimum absolute atomic E-state index is 0.0502. The number of carbonyl (C=O) groups excluding carboxylic acids is 1. The Kier molecular flexibility index (Phi) is 4.45. The fraction of sp³-hybridized carbons (Fsp3) is 0.800. The van der Waals surface area contributed by atoms with Crippen LogP contribution >= 0.6 is 22.6 Å². The van der Waals surface area contributed by atoms with Crippen LogP contribution in [0.3, 0.4) is 0 Å². The van der Waals surface area contributed by atoms with E-state index in [9.17, 15) is 4.79 Å². The van der Waals surface area contributed by atoms with Crippen LogP contribution in [0.2, 0.25) is 0 Å².